The molecule has 1 unspecified atom stereocenters. The van der Waals surface area contributed by atoms with Gasteiger partial charge in [0.15, 0.2) is 0 Å². The van der Waals surface area contributed by atoms with Crippen LogP contribution in [0.4, 0.5) is 0 Å². The third-order valence-electron chi connectivity index (χ3n) is 6.48. The lowest BCUT2D eigenvalue weighted by Gasteiger charge is -2.31. The highest BCUT2D eigenvalue weighted by Gasteiger charge is 2.34. The minimum atomic E-state index is -3.53. The molecule has 0 saturated carbocycles. The van der Waals surface area contributed by atoms with E-state index in [1.165, 1.54) is 40.5 Å². The molecule has 32 heavy (non-hydrogen) atoms. The Hall–Kier alpha value is -1.74. The summed E-state index contributed by atoms with van der Waals surface area (Å²) in [6.45, 7) is 6.30. The molecule has 6 nitrogen and oxygen atoms in total. The lowest BCUT2D eigenvalue weighted by molar-refractivity contribution is -0.126. The van der Waals surface area contributed by atoms with Crippen molar-refractivity contribution in [1.29, 1.82) is 0 Å². The van der Waals surface area contributed by atoms with Gasteiger partial charge in [-0.05, 0) is 69.0 Å². The van der Waals surface area contributed by atoms with Crippen molar-refractivity contribution in [2.45, 2.75) is 56.3 Å². The molecule has 1 atom stereocenters. The van der Waals surface area contributed by atoms with Crippen molar-refractivity contribution < 1.29 is 13.2 Å². The summed E-state index contributed by atoms with van der Waals surface area (Å²) in [4.78, 5) is 16.4. The summed E-state index contributed by atoms with van der Waals surface area (Å²) < 4.78 is 27.8. The zero-order valence-corrected chi connectivity index (χ0v) is 20.4. The molecule has 1 aromatic heterocycles. The standard InChI is InChI=1S/C24H33N3O3S2/c1-19-11-12-23(31-19)32(29,30)27-15-7-10-22(18-27)24(28)25-16-20-8-3-4-9-21(20)17-26-13-5-2-6-14-26/h3-4,8-9,11-12,22H,2,5-7,10,13-18H2,1H3,(H,25,28). The second-order valence-corrected chi connectivity index (χ2v) is 12.3. The van der Waals surface area contributed by atoms with E-state index in [1.807, 2.05) is 19.1 Å². The maximum Gasteiger partial charge on any atom is 0.252 e. The zero-order valence-electron chi connectivity index (χ0n) is 18.8. The molecule has 2 aliphatic rings. The third-order valence-corrected chi connectivity index (χ3v) is 9.81. The van der Waals surface area contributed by atoms with E-state index in [0.717, 1.165) is 36.5 Å². The molecule has 2 aliphatic heterocycles. The lowest BCUT2D eigenvalue weighted by Crippen LogP contribution is -2.45. The predicted octanol–water partition coefficient (Wildman–Crippen LogP) is 3.76. The first-order chi connectivity index (χ1) is 15.4. The first-order valence-electron chi connectivity index (χ1n) is 11.6. The van der Waals surface area contributed by atoms with Crippen molar-refractivity contribution in [2.75, 3.05) is 26.2 Å². The number of hydrogen-bond acceptors (Lipinski definition) is 5. The van der Waals surface area contributed by atoms with E-state index in [2.05, 4.69) is 28.4 Å². The van der Waals surface area contributed by atoms with Crippen molar-refractivity contribution in [2.24, 2.45) is 5.92 Å². The number of thiophene rings is 1. The van der Waals surface area contributed by atoms with Gasteiger partial charge < -0.3 is 5.32 Å². The Morgan fingerprint density at radius 3 is 2.50 bits per heavy atom. The number of carbonyl (C=O) groups is 1. The number of sulfonamides is 1. The Labute approximate surface area is 195 Å². The number of amides is 1. The fourth-order valence-electron chi connectivity index (χ4n) is 4.62. The Bertz CT molecular complexity index is 1030. The maximum absolute atomic E-state index is 13.0. The van der Waals surface area contributed by atoms with Crippen LogP contribution in [0.3, 0.4) is 0 Å². The van der Waals surface area contributed by atoms with Crippen LogP contribution in [0.1, 0.15) is 48.1 Å². The quantitative estimate of drug-likeness (QED) is 0.662. The molecule has 0 aliphatic carbocycles. The van der Waals surface area contributed by atoms with Gasteiger partial charge in [-0.15, -0.1) is 11.3 Å². The van der Waals surface area contributed by atoms with Crippen LogP contribution in [-0.2, 0) is 27.9 Å². The first-order valence-corrected chi connectivity index (χ1v) is 13.8. The molecule has 2 aromatic rings. The van der Waals surface area contributed by atoms with Crippen LogP contribution in [0.5, 0.6) is 0 Å². The summed E-state index contributed by atoms with van der Waals surface area (Å²) in [7, 11) is -3.53. The van der Waals surface area contributed by atoms with Crippen LogP contribution in [0.25, 0.3) is 0 Å². The van der Waals surface area contributed by atoms with Gasteiger partial charge in [0.25, 0.3) is 10.0 Å². The molecule has 1 aromatic carbocycles. The summed E-state index contributed by atoms with van der Waals surface area (Å²) >= 11 is 1.29. The SMILES string of the molecule is Cc1ccc(S(=O)(=O)N2CCCC(C(=O)NCc3ccccc3CN3CCCCC3)C2)s1. The third kappa shape index (κ3) is 5.60. The molecule has 1 amide bonds. The van der Waals surface area contributed by atoms with Gasteiger partial charge in [0.2, 0.25) is 5.91 Å². The number of piperidine rings is 2. The van der Waals surface area contributed by atoms with Crippen LogP contribution in [0, 0.1) is 12.8 Å². The number of nitrogens with zero attached hydrogens (tertiary/aromatic N) is 2. The van der Waals surface area contributed by atoms with E-state index in [1.54, 1.807) is 6.07 Å². The van der Waals surface area contributed by atoms with Crippen molar-refractivity contribution in [3.8, 4) is 0 Å². The molecule has 8 heteroatoms. The van der Waals surface area contributed by atoms with E-state index in [-0.39, 0.29) is 18.4 Å². The fraction of sp³-hybridized carbons (Fsp3) is 0.542. The zero-order chi connectivity index (χ0) is 22.6. The van der Waals surface area contributed by atoms with Crippen molar-refractivity contribution >= 4 is 27.3 Å². The molecule has 3 heterocycles. The molecular weight excluding hydrogens is 442 g/mol. The monoisotopic (exact) mass is 475 g/mol. The van der Waals surface area contributed by atoms with Gasteiger partial charge in [-0.25, -0.2) is 8.42 Å². The summed E-state index contributed by atoms with van der Waals surface area (Å²) in [5, 5.41) is 3.09. The molecule has 4 rings (SSSR count). The number of benzene rings is 1. The predicted molar refractivity (Wildman–Crippen MR) is 128 cm³/mol. The van der Waals surface area contributed by atoms with Gasteiger partial charge in [-0.1, -0.05) is 30.7 Å². The second kappa shape index (κ2) is 10.5. The molecule has 0 spiro atoms. The highest BCUT2D eigenvalue weighted by atomic mass is 32.2. The molecular formula is C24H33N3O3S2. The highest BCUT2D eigenvalue weighted by Crippen LogP contribution is 2.28. The molecule has 0 radical (unpaired) electrons. The summed E-state index contributed by atoms with van der Waals surface area (Å²) in [5.74, 6) is -0.367. The molecule has 1 N–H and O–H groups in total. The number of carbonyl (C=O) groups excluding carboxylic acids is 1. The van der Waals surface area contributed by atoms with Gasteiger partial charge in [0.1, 0.15) is 4.21 Å². The average molecular weight is 476 g/mol. The Morgan fingerprint density at radius 1 is 1.03 bits per heavy atom. The summed E-state index contributed by atoms with van der Waals surface area (Å²) in [6, 6.07) is 11.8. The van der Waals surface area contributed by atoms with Crippen molar-refractivity contribution in [1.82, 2.24) is 14.5 Å². The smallest absolute Gasteiger partial charge is 0.252 e. The Balaban J connectivity index is 1.36. The van der Waals surface area contributed by atoms with Crippen LogP contribution < -0.4 is 5.32 Å². The highest BCUT2D eigenvalue weighted by molar-refractivity contribution is 7.91. The molecule has 2 fully saturated rings. The number of nitrogens with one attached hydrogen (secondary N) is 1. The molecule has 0 bridgehead atoms. The van der Waals surface area contributed by atoms with E-state index in [4.69, 9.17) is 0 Å². The van der Waals surface area contributed by atoms with Crippen LogP contribution >= 0.6 is 11.3 Å². The van der Waals surface area contributed by atoms with Crippen LogP contribution in [-0.4, -0.2) is 49.7 Å². The van der Waals surface area contributed by atoms with E-state index >= 15 is 0 Å². The van der Waals surface area contributed by atoms with E-state index < -0.39 is 10.0 Å². The van der Waals surface area contributed by atoms with Crippen LogP contribution in [0.15, 0.2) is 40.6 Å². The minimum Gasteiger partial charge on any atom is -0.352 e. The summed E-state index contributed by atoms with van der Waals surface area (Å²) in [6.07, 6.45) is 5.24. The van der Waals surface area contributed by atoms with Gasteiger partial charge >= 0.3 is 0 Å². The summed E-state index contributed by atoms with van der Waals surface area (Å²) in [5.41, 5.74) is 2.40. The maximum atomic E-state index is 13.0. The minimum absolute atomic E-state index is 0.0555. The first kappa shape index (κ1) is 23.4. The second-order valence-electron chi connectivity index (χ2n) is 8.89. The number of rotatable bonds is 7. The number of hydrogen-bond donors (Lipinski definition) is 1. The fourth-order valence-corrected chi connectivity index (χ4v) is 7.58. The van der Waals surface area contributed by atoms with Gasteiger partial charge in [0, 0.05) is 31.1 Å². The normalized spacial score (nSPS) is 20.8. The largest absolute Gasteiger partial charge is 0.352 e. The van der Waals surface area contributed by atoms with Crippen molar-refractivity contribution in [3.05, 3.63) is 52.4 Å². The molecule has 174 valence electrons. The van der Waals surface area contributed by atoms with E-state index in [0.29, 0.717) is 23.7 Å². The van der Waals surface area contributed by atoms with Gasteiger partial charge in [0.05, 0.1) is 5.92 Å². The van der Waals surface area contributed by atoms with Gasteiger partial charge in [-0.3, -0.25) is 9.69 Å². The molecule has 2 saturated heterocycles. The Kier molecular flexibility index (Phi) is 7.66. The Morgan fingerprint density at radius 2 is 1.78 bits per heavy atom. The lowest BCUT2D eigenvalue weighted by atomic mass is 9.98. The van der Waals surface area contributed by atoms with E-state index in [9.17, 15) is 13.2 Å². The van der Waals surface area contributed by atoms with Crippen LogP contribution in [0.2, 0.25) is 0 Å². The van der Waals surface area contributed by atoms with Gasteiger partial charge in [-0.2, -0.15) is 4.31 Å². The number of likely N-dealkylation sites (tertiary alicyclic amines) is 1. The average Bonchev–Trinajstić information content (AvgIpc) is 3.26. The van der Waals surface area contributed by atoms with Crippen molar-refractivity contribution in [3.63, 3.8) is 0 Å². The number of aryl methyl sites for hydroxylation is 1. The topological polar surface area (TPSA) is 69.7 Å².